The van der Waals surface area contributed by atoms with E-state index in [9.17, 15) is 4.79 Å². The van der Waals surface area contributed by atoms with Gasteiger partial charge in [-0.2, -0.15) is 0 Å². The fraction of sp³-hybridized carbons (Fsp3) is 0.267. The number of carbonyl (C=O) groups is 1. The van der Waals surface area contributed by atoms with Crippen molar-refractivity contribution in [3.8, 4) is 5.88 Å². The van der Waals surface area contributed by atoms with Crippen molar-refractivity contribution >= 4 is 11.8 Å². The average Bonchev–Trinajstić information content (AvgIpc) is 2.47. The van der Waals surface area contributed by atoms with Crippen molar-refractivity contribution in [3.05, 3.63) is 47.8 Å². The summed E-state index contributed by atoms with van der Waals surface area (Å²) in [4.78, 5) is 19.0. The van der Waals surface area contributed by atoms with E-state index in [1.54, 1.807) is 6.07 Å². The fourth-order valence-electron chi connectivity index (χ4n) is 1.91. The van der Waals surface area contributed by atoms with Crippen LogP contribution < -0.4 is 10.1 Å². The SMILES string of the molecule is CCOc1cc(NCc2ccccc2CC(=O)O)ncn1. The zero-order valence-electron chi connectivity index (χ0n) is 11.7. The molecule has 0 aliphatic heterocycles. The largest absolute Gasteiger partial charge is 0.481 e. The van der Waals surface area contributed by atoms with Crippen molar-refractivity contribution < 1.29 is 14.6 Å². The third-order valence-electron chi connectivity index (χ3n) is 2.85. The molecule has 110 valence electrons. The molecule has 6 heteroatoms. The molecule has 21 heavy (non-hydrogen) atoms. The molecule has 0 saturated heterocycles. The third kappa shape index (κ3) is 4.45. The molecule has 0 fully saturated rings. The van der Waals surface area contributed by atoms with Gasteiger partial charge >= 0.3 is 5.97 Å². The van der Waals surface area contributed by atoms with Crippen LogP contribution in [0.5, 0.6) is 5.88 Å². The summed E-state index contributed by atoms with van der Waals surface area (Å²) in [5, 5.41) is 12.1. The summed E-state index contributed by atoms with van der Waals surface area (Å²) in [7, 11) is 0. The average molecular weight is 287 g/mol. The van der Waals surface area contributed by atoms with Gasteiger partial charge < -0.3 is 15.2 Å². The van der Waals surface area contributed by atoms with Gasteiger partial charge in [-0.15, -0.1) is 0 Å². The summed E-state index contributed by atoms with van der Waals surface area (Å²) in [5.74, 6) is 0.301. The number of anilines is 1. The molecule has 0 unspecified atom stereocenters. The van der Waals surface area contributed by atoms with Crippen molar-refractivity contribution in [1.82, 2.24) is 9.97 Å². The molecule has 0 aliphatic rings. The van der Waals surface area contributed by atoms with Gasteiger partial charge in [0.15, 0.2) is 0 Å². The molecule has 0 bridgehead atoms. The molecular weight excluding hydrogens is 270 g/mol. The van der Waals surface area contributed by atoms with E-state index >= 15 is 0 Å². The molecule has 0 atom stereocenters. The van der Waals surface area contributed by atoms with Gasteiger partial charge in [0.1, 0.15) is 12.1 Å². The van der Waals surface area contributed by atoms with Gasteiger partial charge in [0.05, 0.1) is 13.0 Å². The number of aliphatic carboxylic acids is 1. The van der Waals surface area contributed by atoms with Crippen LogP contribution in [0.3, 0.4) is 0 Å². The Bertz CT molecular complexity index is 617. The molecule has 0 aliphatic carbocycles. The molecule has 0 radical (unpaired) electrons. The minimum Gasteiger partial charge on any atom is -0.481 e. The molecule has 0 amide bonds. The smallest absolute Gasteiger partial charge is 0.307 e. The van der Waals surface area contributed by atoms with Crippen LogP contribution in [0.15, 0.2) is 36.7 Å². The van der Waals surface area contributed by atoms with Crippen molar-refractivity contribution in [2.75, 3.05) is 11.9 Å². The number of carboxylic acids is 1. The summed E-state index contributed by atoms with van der Waals surface area (Å²) in [5.41, 5.74) is 1.72. The van der Waals surface area contributed by atoms with Crippen LogP contribution >= 0.6 is 0 Å². The summed E-state index contributed by atoms with van der Waals surface area (Å²) in [6.45, 7) is 2.92. The molecule has 0 saturated carbocycles. The van der Waals surface area contributed by atoms with E-state index in [-0.39, 0.29) is 6.42 Å². The first-order chi connectivity index (χ1) is 10.2. The number of nitrogens with zero attached hydrogens (tertiary/aromatic N) is 2. The Labute approximate surface area is 122 Å². The van der Waals surface area contributed by atoms with Crippen LogP contribution in [0.2, 0.25) is 0 Å². The van der Waals surface area contributed by atoms with E-state index in [4.69, 9.17) is 9.84 Å². The fourth-order valence-corrected chi connectivity index (χ4v) is 1.91. The Kier molecular flexibility index (Phi) is 5.09. The summed E-state index contributed by atoms with van der Waals surface area (Å²) >= 11 is 0. The lowest BCUT2D eigenvalue weighted by molar-refractivity contribution is -0.136. The van der Waals surface area contributed by atoms with Gasteiger partial charge in [0, 0.05) is 12.6 Å². The molecule has 1 aromatic carbocycles. The van der Waals surface area contributed by atoms with Gasteiger partial charge in [-0.05, 0) is 18.1 Å². The monoisotopic (exact) mass is 287 g/mol. The highest BCUT2D eigenvalue weighted by Gasteiger charge is 2.06. The quantitative estimate of drug-likeness (QED) is 0.811. The number of aromatic nitrogens is 2. The Balaban J connectivity index is 2.06. The zero-order valence-corrected chi connectivity index (χ0v) is 11.7. The number of benzene rings is 1. The van der Waals surface area contributed by atoms with Crippen molar-refractivity contribution in [3.63, 3.8) is 0 Å². The molecule has 6 nitrogen and oxygen atoms in total. The van der Waals surface area contributed by atoms with Crippen molar-refractivity contribution in [1.29, 1.82) is 0 Å². The van der Waals surface area contributed by atoms with Crippen molar-refractivity contribution in [2.45, 2.75) is 19.9 Å². The predicted molar refractivity (Wildman–Crippen MR) is 78.3 cm³/mol. The van der Waals surface area contributed by atoms with Crippen LogP contribution in [0.25, 0.3) is 0 Å². The second-order valence-electron chi connectivity index (χ2n) is 4.37. The Morgan fingerprint density at radius 2 is 2.05 bits per heavy atom. The van der Waals surface area contributed by atoms with E-state index in [0.717, 1.165) is 11.1 Å². The normalized spacial score (nSPS) is 10.1. The van der Waals surface area contributed by atoms with Crippen molar-refractivity contribution in [2.24, 2.45) is 0 Å². The Hall–Kier alpha value is -2.63. The topological polar surface area (TPSA) is 84.3 Å². The van der Waals surface area contributed by atoms with E-state index in [1.807, 2.05) is 31.2 Å². The maximum atomic E-state index is 10.9. The minimum atomic E-state index is -0.844. The Morgan fingerprint density at radius 1 is 1.29 bits per heavy atom. The van der Waals surface area contributed by atoms with E-state index in [0.29, 0.717) is 24.8 Å². The maximum absolute atomic E-state index is 10.9. The van der Waals surface area contributed by atoms with E-state index in [1.165, 1.54) is 6.33 Å². The third-order valence-corrected chi connectivity index (χ3v) is 2.85. The highest BCUT2D eigenvalue weighted by Crippen LogP contribution is 2.14. The lowest BCUT2D eigenvalue weighted by atomic mass is 10.0. The molecular formula is C15H17N3O3. The van der Waals surface area contributed by atoms with Gasteiger partial charge in [-0.3, -0.25) is 4.79 Å². The number of hydrogen-bond donors (Lipinski definition) is 2. The highest BCUT2D eigenvalue weighted by atomic mass is 16.5. The van der Waals surface area contributed by atoms with Crippen LogP contribution in [-0.4, -0.2) is 27.7 Å². The number of ether oxygens (including phenoxy) is 1. The van der Waals surface area contributed by atoms with Gasteiger partial charge in [-0.25, -0.2) is 9.97 Å². The van der Waals surface area contributed by atoms with E-state index < -0.39 is 5.97 Å². The van der Waals surface area contributed by atoms with Crippen LogP contribution in [0, 0.1) is 0 Å². The van der Waals surface area contributed by atoms with Crippen LogP contribution in [-0.2, 0) is 17.8 Å². The molecule has 2 aromatic rings. The molecule has 0 spiro atoms. The minimum absolute atomic E-state index is 0.00578. The standard InChI is InChI=1S/C15H17N3O3/c1-2-21-14-8-13(17-10-18-14)16-9-12-6-4-3-5-11(12)7-15(19)20/h3-6,8,10H,2,7,9H2,1H3,(H,19,20)(H,16,17,18). The number of rotatable bonds is 7. The molecule has 2 rings (SSSR count). The summed E-state index contributed by atoms with van der Waals surface area (Å²) in [6.07, 6.45) is 1.43. The second-order valence-corrected chi connectivity index (χ2v) is 4.37. The van der Waals surface area contributed by atoms with Gasteiger partial charge in [-0.1, -0.05) is 24.3 Å². The molecule has 1 aromatic heterocycles. The van der Waals surface area contributed by atoms with E-state index in [2.05, 4.69) is 15.3 Å². The number of hydrogen-bond acceptors (Lipinski definition) is 5. The molecule has 2 N–H and O–H groups in total. The predicted octanol–water partition coefficient (Wildman–Crippen LogP) is 2.11. The first-order valence-electron chi connectivity index (χ1n) is 6.66. The Morgan fingerprint density at radius 3 is 2.76 bits per heavy atom. The zero-order chi connectivity index (χ0) is 15.1. The first-order valence-corrected chi connectivity index (χ1v) is 6.66. The van der Waals surface area contributed by atoms with Crippen LogP contribution in [0.1, 0.15) is 18.1 Å². The lowest BCUT2D eigenvalue weighted by Gasteiger charge is -2.10. The first kappa shape index (κ1) is 14.8. The summed E-state index contributed by atoms with van der Waals surface area (Å²) in [6, 6.07) is 9.14. The second kappa shape index (κ2) is 7.23. The highest BCUT2D eigenvalue weighted by molar-refractivity contribution is 5.70. The molecule has 1 heterocycles. The van der Waals surface area contributed by atoms with Crippen LogP contribution in [0.4, 0.5) is 5.82 Å². The number of nitrogens with one attached hydrogen (secondary N) is 1. The summed E-state index contributed by atoms with van der Waals surface area (Å²) < 4.78 is 5.31. The van der Waals surface area contributed by atoms with Gasteiger partial charge in [0.2, 0.25) is 5.88 Å². The maximum Gasteiger partial charge on any atom is 0.307 e. The number of carboxylic acid groups (broad SMARTS) is 1. The van der Waals surface area contributed by atoms with Gasteiger partial charge in [0.25, 0.3) is 0 Å². The lowest BCUT2D eigenvalue weighted by Crippen LogP contribution is -2.08.